The van der Waals surface area contributed by atoms with Gasteiger partial charge in [-0.2, -0.15) is 5.10 Å². The number of rotatable bonds is 8. The Morgan fingerprint density at radius 3 is 3.00 bits per heavy atom. The number of benzene rings is 1. The summed E-state index contributed by atoms with van der Waals surface area (Å²) >= 11 is 0. The Morgan fingerprint density at radius 1 is 1.38 bits per heavy atom. The van der Waals surface area contributed by atoms with Crippen LogP contribution in [0.15, 0.2) is 18.2 Å². The fourth-order valence-corrected chi connectivity index (χ4v) is 2.56. The smallest absolute Gasteiger partial charge is 0.124 e. The molecule has 0 radical (unpaired) electrons. The van der Waals surface area contributed by atoms with Gasteiger partial charge in [-0.25, -0.2) is 4.39 Å². The molecule has 0 unspecified atom stereocenters. The Morgan fingerprint density at radius 2 is 2.24 bits per heavy atom. The van der Waals surface area contributed by atoms with Crippen molar-refractivity contribution in [2.45, 2.75) is 44.8 Å². The summed E-state index contributed by atoms with van der Waals surface area (Å²) in [6.07, 6.45) is 4.50. The molecule has 1 aliphatic carbocycles. The minimum atomic E-state index is -0.200. The molecule has 4 nitrogen and oxygen atoms in total. The van der Waals surface area contributed by atoms with Gasteiger partial charge in [-0.15, -0.1) is 0 Å². The van der Waals surface area contributed by atoms with Gasteiger partial charge in [0.1, 0.15) is 5.82 Å². The van der Waals surface area contributed by atoms with Crippen molar-refractivity contribution < 1.29 is 9.13 Å². The number of aryl methyl sites for hydroxylation is 1. The van der Waals surface area contributed by atoms with Crippen LogP contribution >= 0.6 is 0 Å². The van der Waals surface area contributed by atoms with Crippen LogP contribution < -0.4 is 5.32 Å². The molecule has 21 heavy (non-hydrogen) atoms. The molecular weight excluding hydrogens is 269 g/mol. The van der Waals surface area contributed by atoms with E-state index >= 15 is 0 Å². The highest BCUT2D eigenvalue weighted by Crippen LogP contribution is 2.23. The molecule has 1 aliphatic rings. The summed E-state index contributed by atoms with van der Waals surface area (Å²) in [6.45, 7) is 2.33. The number of ether oxygens (including phenoxy) is 1. The van der Waals surface area contributed by atoms with Crippen LogP contribution in [0.3, 0.4) is 0 Å². The van der Waals surface area contributed by atoms with E-state index in [1.54, 1.807) is 13.2 Å². The predicted octanol–water partition coefficient (Wildman–Crippen LogP) is 2.85. The van der Waals surface area contributed by atoms with Gasteiger partial charge in [-0.1, -0.05) is 0 Å². The van der Waals surface area contributed by atoms with Crippen LogP contribution in [-0.4, -0.2) is 29.5 Å². The Hall–Kier alpha value is -1.46. The highest BCUT2D eigenvalue weighted by molar-refractivity contribution is 5.82. The van der Waals surface area contributed by atoms with Gasteiger partial charge in [-0.3, -0.25) is 4.68 Å². The first-order valence-corrected chi connectivity index (χ1v) is 7.65. The van der Waals surface area contributed by atoms with Crippen LogP contribution in [0.1, 0.15) is 31.4 Å². The zero-order chi connectivity index (χ0) is 14.7. The summed E-state index contributed by atoms with van der Waals surface area (Å²) in [5, 5.41) is 9.06. The maximum Gasteiger partial charge on any atom is 0.124 e. The first-order chi connectivity index (χ1) is 10.3. The minimum absolute atomic E-state index is 0.200. The van der Waals surface area contributed by atoms with Crippen molar-refractivity contribution in [1.29, 1.82) is 0 Å². The number of aromatic nitrogens is 2. The first kappa shape index (κ1) is 14.5. The van der Waals surface area contributed by atoms with E-state index in [0.717, 1.165) is 49.1 Å². The van der Waals surface area contributed by atoms with Crippen molar-refractivity contribution in [3.8, 4) is 0 Å². The second-order valence-corrected chi connectivity index (χ2v) is 5.69. The SMILES string of the molecule is COCCCCn1nc(CNC2CC2)c2cc(F)ccc21. The largest absolute Gasteiger partial charge is 0.385 e. The van der Waals surface area contributed by atoms with E-state index < -0.39 is 0 Å². The van der Waals surface area contributed by atoms with Crippen LogP contribution in [-0.2, 0) is 17.8 Å². The molecule has 0 aliphatic heterocycles. The monoisotopic (exact) mass is 291 g/mol. The summed E-state index contributed by atoms with van der Waals surface area (Å²) in [4.78, 5) is 0. The molecule has 0 saturated heterocycles. The Kier molecular flexibility index (Phi) is 4.51. The van der Waals surface area contributed by atoms with E-state index in [1.807, 2.05) is 10.7 Å². The molecular formula is C16H22FN3O. The van der Waals surface area contributed by atoms with Crippen LogP contribution in [0.5, 0.6) is 0 Å². The molecule has 0 atom stereocenters. The van der Waals surface area contributed by atoms with E-state index in [-0.39, 0.29) is 5.82 Å². The first-order valence-electron chi connectivity index (χ1n) is 7.65. The summed E-state index contributed by atoms with van der Waals surface area (Å²) in [6, 6.07) is 5.56. The van der Waals surface area contributed by atoms with Gasteiger partial charge < -0.3 is 10.1 Å². The van der Waals surface area contributed by atoms with Crippen molar-refractivity contribution in [3.63, 3.8) is 0 Å². The molecule has 3 rings (SSSR count). The van der Waals surface area contributed by atoms with Crippen LogP contribution in [0.2, 0.25) is 0 Å². The van der Waals surface area contributed by atoms with E-state index in [9.17, 15) is 4.39 Å². The number of hydrogen-bond donors (Lipinski definition) is 1. The number of fused-ring (bicyclic) bond motifs is 1. The summed E-state index contributed by atoms with van der Waals surface area (Å²) in [5.74, 6) is -0.200. The Balaban J connectivity index is 1.77. The van der Waals surface area contributed by atoms with Gasteiger partial charge in [0.15, 0.2) is 0 Å². The summed E-state index contributed by atoms with van der Waals surface area (Å²) in [5.41, 5.74) is 1.96. The van der Waals surface area contributed by atoms with Gasteiger partial charge in [0.25, 0.3) is 0 Å². The highest BCUT2D eigenvalue weighted by atomic mass is 19.1. The Labute approximate surface area is 124 Å². The fourth-order valence-electron chi connectivity index (χ4n) is 2.56. The lowest BCUT2D eigenvalue weighted by atomic mass is 10.2. The van der Waals surface area contributed by atoms with Gasteiger partial charge in [0.2, 0.25) is 0 Å². The number of hydrogen-bond acceptors (Lipinski definition) is 3. The summed E-state index contributed by atoms with van der Waals surface area (Å²) < 4.78 is 20.6. The van der Waals surface area contributed by atoms with E-state index in [2.05, 4.69) is 10.4 Å². The van der Waals surface area contributed by atoms with Gasteiger partial charge >= 0.3 is 0 Å². The highest BCUT2D eigenvalue weighted by Gasteiger charge is 2.21. The van der Waals surface area contributed by atoms with Crippen LogP contribution in [0, 0.1) is 5.82 Å². The summed E-state index contributed by atoms with van der Waals surface area (Å²) in [7, 11) is 1.72. The third kappa shape index (κ3) is 3.60. The van der Waals surface area contributed by atoms with Crippen molar-refractivity contribution >= 4 is 10.9 Å². The molecule has 1 aromatic carbocycles. The zero-order valence-electron chi connectivity index (χ0n) is 12.4. The molecule has 0 spiro atoms. The standard InChI is InChI=1S/C16H22FN3O/c1-21-9-3-2-8-20-16-7-4-12(17)10-14(16)15(19-20)11-18-13-5-6-13/h4,7,10,13,18H,2-3,5-6,8-9,11H2,1H3. The van der Waals surface area contributed by atoms with E-state index in [1.165, 1.54) is 18.9 Å². The molecule has 1 fully saturated rings. The van der Waals surface area contributed by atoms with Crippen molar-refractivity contribution in [2.24, 2.45) is 0 Å². The molecule has 1 aromatic heterocycles. The zero-order valence-corrected chi connectivity index (χ0v) is 12.4. The molecule has 1 N–H and O–H groups in total. The molecule has 1 saturated carbocycles. The third-order valence-corrected chi connectivity index (χ3v) is 3.89. The number of unbranched alkanes of at least 4 members (excludes halogenated alkanes) is 1. The van der Waals surface area contributed by atoms with Gasteiger partial charge in [-0.05, 0) is 43.9 Å². The predicted molar refractivity (Wildman–Crippen MR) is 80.7 cm³/mol. The quantitative estimate of drug-likeness (QED) is 0.760. The number of nitrogens with one attached hydrogen (secondary N) is 1. The van der Waals surface area contributed by atoms with Crippen molar-refractivity contribution in [1.82, 2.24) is 15.1 Å². The maximum absolute atomic E-state index is 13.5. The second kappa shape index (κ2) is 6.54. The van der Waals surface area contributed by atoms with Crippen molar-refractivity contribution in [2.75, 3.05) is 13.7 Å². The Bertz CT molecular complexity index is 607. The normalized spacial score (nSPS) is 15.0. The number of methoxy groups -OCH3 is 1. The van der Waals surface area contributed by atoms with E-state index in [0.29, 0.717) is 6.04 Å². The van der Waals surface area contributed by atoms with E-state index in [4.69, 9.17) is 4.74 Å². The lowest BCUT2D eigenvalue weighted by molar-refractivity contribution is 0.191. The molecule has 0 bridgehead atoms. The van der Waals surface area contributed by atoms with Gasteiger partial charge in [0.05, 0.1) is 11.2 Å². The minimum Gasteiger partial charge on any atom is -0.385 e. The number of nitrogens with zero attached hydrogens (tertiary/aromatic N) is 2. The van der Waals surface area contributed by atoms with Crippen LogP contribution in [0.4, 0.5) is 4.39 Å². The number of halogens is 1. The molecule has 5 heteroatoms. The molecule has 0 amide bonds. The average Bonchev–Trinajstić information content (AvgIpc) is 3.25. The second-order valence-electron chi connectivity index (χ2n) is 5.69. The lowest BCUT2D eigenvalue weighted by Crippen LogP contribution is -2.16. The lowest BCUT2D eigenvalue weighted by Gasteiger charge is -2.03. The van der Waals surface area contributed by atoms with Crippen LogP contribution in [0.25, 0.3) is 10.9 Å². The maximum atomic E-state index is 13.5. The van der Waals surface area contributed by atoms with Gasteiger partial charge in [0, 0.05) is 38.2 Å². The average molecular weight is 291 g/mol. The third-order valence-electron chi connectivity index (χ3n) is 3.89. The molecule has 2 aromatic rings. The molecule has 114 valence electrons. The topological polar surface area (TPSA) is 39.1 Å². The molecule has 1 heterocycles. The fraction of sp³-hybridized carbons (Fsp3) is 0.562. The van der Waals surface area contributed by atoms with Crippen molar-refractivity contribution in [3.05, 3.63) is 29.7 Å².